The fraction of sp³-hybridized carbons (Fsp3) is 0.462. The van der Waals surface area contributed by atoms with E-state index in [-0.39, 0.29) is 30.6 Å². The van der Waals surface area contributed by atoms with Crippen molar-refractivity contribution in [1.29, 1.82) is 0 Å². The van der Waals surface area contributed by atoms with E-state index < -0.39 is 0 Å². The minimum Gasteiger partial charge on any atom is -0.490 e. The zero-order chi connectivity index (χ0) is 21.2. The Labute approximate surface area is 183 Å². The summed E-state index contributed by atoms with van der Waals surface area (Å²) in [6, 6.07) is 12.1. The van der Waals surface area contributed by atoms with Crippen LogP contribution in [0.25, 0.3) is 0 Å². The summed E-state index contributed by atoms with van der Waals surface area (Å²) >= 11 is 0. The molecule has 1 atom stereocenters. The standard InChI is InChI=1S/C26H29NO4/c28-23(21-8-7-18-4-1-5-19(18)16-21)10-12-26(29)27-13-2-6-22(27)20-9-11-24-25(17-20)31-15-3-14-30-24/h7-9,11,16-17,22H,1-6,10,12-15H2/t22-/m0/s1. The molecule has 0 N–H and O–H groups in total. The van der Waals surface area contributed by atoms with Crippen LogP contribution < -0.4 is 9.47 Å². The average Bonchev–Trinajstić information content (AvgIpc) is 3.41. The summed E-state index contributed by atoms with van der Waals surface area (Å²) in [4.78, 5) is 27.7. The quantitative estimate of drug-likeness (QED) is 0.662. The minimum absolute atomic E-state index is 0.0414. The van der Waals surface area contributed by atoms with E-state index in [1.165, 1.54) is 17.5 Å². The summed E-state index contributed by atoms with van der Waals surface area (Å²) in [5.74, 6) is 1.66. The number of hydrogen-bond donors (Lipinski definition) is 0. The Morgan fingerprint density at radius 3 is 2.61 bits per heavy atom. The van der Waals surface area contributed by atoms with E-state index in [4.69, 9.17) is 9.47 Å². The molecule has 2 aromatic carbocycles. The number of aryl methyl sites for hydroxylation is 2. The predicted molar refractivity (Wildman–Crippen MR) is 118 cm³/mol. The SMILES string of the molecule is O=C(CCC(=O)N1CCC[C@H]1c1ccc2c(c1)OCCCO2)c1ccc2c(c1)CCC2. The Morgan fingerprint density at radius 1 is 0.871 bits per heavy atom. The van der Waals surface area contributed by atoms with Crippen molar-refractivity contribution in [3.63, 3.8) is 0 Å². The second-order valence-electron chi connectivity index (χ2n) is 8.76. The van der Waals surface area contributed by atoms with Gasteiger partial charge in [-0.2, -0.15) is 0 Å². The topological polar surface area (TPSA) is 55.8 Å². The molecule has 31 heavy (non-hydrogen) atoms. The molecule has 1 aliphatic carbocycles. The molecule has 0 bridgehead atoms. The number of nitrogens with zero attached hydrogens (tertiary/aromatic N) is 1. The van der Waals surface area contributed by atoms with Gasteiger partial charge in [-0.3, -0.25) is 9.59 Å². The maximum Gasteiger partial charge on any atom is 0.223 e. The molecule has 162 valence electrons. The van der Waals surface area contributed by atoms with Crippen LogP contribution in [-0.2, 0) is 17.6 Å². The Kier molecular flexibility index (Phi) is 5.66. The number of Topliss-reactive ketones (excluding diaryl/α,β-unsaturated/α-hetero) is 1. The van der Waals surface area contributed by atoms with Crippen molar-refractivity contribution in [2.24, 2.45) is 0 Å². The summed E-state index contributed by atoms with van der Waals surface area (Å²) in [6.07, 6.45) is 6.64. The molecular weight excluding hydrogens is 390 g/mol. The molecule has 0 aromatic heterocycles. The zero-order valence-corrected chi connectivity index (χ0v) is 17.9. The largest absolute Gasteiger partial charge is 0.490 e. The van der Waals surface area contributed by atoms with Crippen LogP contribution in [0.4, 0.5) is 0 Å². The number of rotatable bonds is 5. The van der Waals surface area contributed by atoms with Crippen molar-refractivity contribution in [3.05, 3.63) is 58.7 Å². The van der Waals surface area contributed by atoms with Crippen molar-refractivity contribution in [3.8, 4) is 11.5 Å². The number of amides is 1. The minimum atomic E-state index is 0.0414. The lowest BCUT2D eigenvalue weighted by molar-refractivity contribution is -0.132. The van der Waals surface area contributed by atoms with Gasteiger partial charge in [0.1, 0.15) is 0 Å². The molecule has 5 rings (SSSR count). The van der Waals surface area contributed by atoms with E-state index in [9.17, 15) is 9.59 Å². The van der Waals surface area contributed by atoms with Gasteiger partial charge in [0.2, 0.25) is 5.91 Å². The monoisotopic (exact) mass is 419 g/mol. The molecule has 3 aliphatic rings. The number of carbonyl (C=O) groups excluding carboxylic acids is 2. The van der Waals surface area contributed by atoms with Gasteiger partial charge in [0, 0.05) is 31.4 Å². The summed E-state index contributed by atoms with van der Waals surface area (Å²) in [6.45, 7) is 2.05. The molecule has 2 heterocycles. The number of carbonyl (C=O) groups is 2. The van der Waals surface area contributed by atoms with Gasteiger partial charge in [-0.05, 0) is 67.0 Å². The fourth-order valence-corrected chi connectivity index (χ4v) is 5.05. The summed E-state index contributed by atoms with van der Waals surface area (Å²) < 4.78 is 11.6. The third-order valence-electron chi connectivity index (χ3n) is 6.72. The van der Waals surface area contributed by atoms with Gasteiger partial charge in [0.25, 0.3) is 0 Å². The van der Waals surface area contributed by atoms with Gasteiger partial charge in [-0.1, -0.05) is 18.2 Å². The van der Waals surface area contributed by atoms with Gasteiger partial charge in [0.15, 0.2) is 17.3 Å². The molecule has 5 nitrogen and oxygen atoms in total. The van der Waals surface area contributed by atoms with Gasteiger partial charge in [0.05, 0.1) is 19.3 Å². The third kappa shape index (κ3) is 4.18. The number of ether oxygens (including phenoxy) is 2. The molecule has 2 aromatic rings. The lowest BCUT2D eigenvalue weighted by Crippen LogP contribution is -2.30. The number of ketones is 1. The summed E-state index contributed by atoms with van der Waals surface area (Å²) in [5, 5.41) is 0. The van der Waals surface area contributed by atoms with Gasteiger partial charge in [-0.25, -0.2) is 0 Å². The molecule has 2 aliphatic heterocycles. The average molecular weight is 420 g/mol. The molecule has 0 radical (unpaired) electrons. The number of likely N-dealkylation sites (tertiary alicyclic amines) is 1. The first-order valence-corrected chi connectivity index (χ1v) is 11.5. The lowest BCUT2D eigenvalue weighted by Gasteiger charge is -2.25. The van der Waals surface area contributed by atoms with Crippen LogP contribution in [0.1, 0.15) is 71.6 Å². The molecule has 5 heteroatoms. The second kappa shape index (κ2) is 8.74. The fourth-order valence-electron chi connectivity index (χ4n) is 5.05. The highest BCUT2D eigenvalue weighted by atomic mass is 16.5. The Hall–Kier alpha value is -2.82. The molecule has 1 amide bonds. The van der Waals surface area contributed by atoms with E-state index in [1.54, 1.807) is 0 Å². The van der Waals surface area contributed by atoms with Crippen molar-refractivity contribution in [1.82, 2.24) is 4.90 Å². The maximum atomic E-state index is 13.0. The molecule has 0 unspecified atom stereocenters. The highest BCUT2D eigenvalue weighted by Crippen LogP contribution is 2.38. The van der Waals surface area contributed by atoms with Crippen LogP contribution in [0.2, 0.25) is 0 Å². The zero-order valence-electron chi connectivity index (χ0n) is 17.9. The van der Waals surface area contributed by atoms with Crippen LogP contribution in [0.3, 0.4) is 0 Å². The van der Waals surface area contributed by atoms with Gasteiger partial charge >= 0.3 is 0 Å². The normalized spacial score (nSPS) is 19.7. The van der Waals surface area contributed by atoms with Crippen molar-refractivity contribution in [2.75, 3.05) is 19.8 Å². The highest BCUT2D eigenvalue weighted by molar-refractivity contribution is 5.98. The van der Waals surface area contributed by atoms with Crippen LogP contribution >= 0.6 is 0 Å². The Balaban J connectivity index is 1.24. The van der Waals surface area contributed by atoms with Gasteiger partial charge in [-0.15, -0.1) is 0 Å². The second-order valence-corrected chi connectivity index (χ2v) is 8.76. The van der Waals surface area contributed by atoms with E-state index in [1.807, 2.05) is 35.2 Å². The van der Waals surface area contributed by atoms with Crippen LogP contribution in [-0.4, -0.2) is 36.3 Å². The molecule has 1 saturated heterocycles. The summed E-state index contributed by atoms with van der Waals surface area (Å²) in [5.41, 5.74) is 4.49. The van der Waals surface area contributed by atoms with Crippen LogP contribution in [0.15, 0.2) is 36.4 Å². The number of benzene rings is 2. The molecular formula is C26H29NO4. The Morgan fingerprint density at radius 2 is 1.71 bits per heavy atom. The number of fused-ring (bicyclic) bond motifs is 2. The Bertz CT molecular complexity index is 999. The van der Waals surface area contributed by atoms with Gasteiger partial charge < -0.3 is 14.4 Å². The van der Waals surface area contributed by atoms with E-state index in [0.29, 0.717) is 13.2 Å². The molecule has 0 spiro atoms. The van der Waals surface area contributed by atoms with E-state index in [0.717, 1.165) is 61.3 Å². The van der Waals surface area contributed by atoms with E-state index in [2.05, 4.69) is 6.07 Å². The molecule has 1 fully saturated rings. The predicted octanol–water partition coefficient (Wildman–Crippen LogP) is 4.66. The first-order valence-electron chi connectivity index (χ1n) is 11.5. The van der Waals surface area contributed by atoms with Crippen molar-refractivity contribution in [2.45, 2.75) is 57.4 Å². The van der Waals surface area contributed by atoms with Crippen LogP contribution in [0.5, 0.6) is 11.5 Å². The van der Waals surface area contributed by atoms with E-state index >= 15 is 0 Å². The third-order valence-corrected chi connectivity index (χ3v) is 6.72. The first kappa shape index (κ1) is 20.1. The summed E-state index contributed by atoms with van der Waals surface area (Å²) in [7, 11) is 0. The van der Waals surface area contributed by atoms with Crippen molar-refractivity contribution >= 4 is 11.7 Å². The maximum absolute atomic E-state index is 13.0. The van der Waals surface area contributed by atoms with Crippen LogP contribution in [0, 0.1) is 0 Å². The first-order chi connectivity index (χ1) is 15.2. The smallest absolute Gasteiger partial charge is 0.223 e. The highest BCUT2D eigenvalue weighted by Gasteiger charge is 2.31. The lowest BCUT2D eigenvalue weighted by atomic mass is 10.0. The van der Waals surface area contributed by atoms with Crippen molar-refractivity contribution < 1.29 is 19.1 Å². The molecule has 0 saturated carbocycles. The number of hydrogen-bond acceptors (Lipinski definition) is 4.